The summed E-state index contributed by atoms with van der Waals surface area (Å²) in [5, 5.41) is 13.6. The molecule has 0 fully saturated rings. The van der Waals surface area contributed by atoms with Crippen LogP contribution in [0, 0.1) is 0 Å². The third-order valence-electron chi connectivity index (χ3n) is 3.89. The Bertz CT molecular complexity index is 890. The van der Waals surface area contributed by atoms with Crippen LogP contribution in [-0.2, 0) is 9.53 Å². The molecule has 0 aromatic heterocycles. The van der Waals surface area contributed by atoms with Gasteiger partial charge >= 0.3 is 5.97 Å². The first-order valence-electron chi connectivity index (χ1n) is 7.75. The predicted octanol–water partition coefficient (Wildman–Crippen LogP) is 1.75. The van der Waals surface area contributed by atoms with Crippen LogP contribution in [0.1, 0.15) is 27.7 Å². The maximum Gasteiger partial charge on any atom is 0.344 e. The van der Waals surface area contributed by atoms with E-state index in [1.807, 2.05) is 0 Å². The van der Waals surface area contributed by atoms with Gasteiger partial charge in [-0.25, -0.2) is 4.79 Å². The van der Waals surface area contributed by atoms with Crippen molar-refractivity contribution in [2.75, 3.05) is 19.5 Å². The second kappa shape index (κ2) is 7.18. The Labute approximate surface area is 149 Å². The summed E-state index contributed by atoms with van der Waals surface area (Å²) in [6.45, 7) is 0. The van der Waals surface area contributed by atoms with Crippen molar-refractivity contribution < 1.29 is 28.9 Å². The van der Waals surface area contributed by atoms with Crippen LogP contribution in [0.2, 0.25) is 0 Å². The average molecular weight is 354 g/mol. The molecule has 0 bridgehead atoms. The summed E-state index contributed by atoms with van der Waals surface area (Å²) in [4.78, 5) is 22.8. The molecule has 2 aromatic carbocycles. The summed E-state index contributed by atoms with van der Waals surface area (Å²) >= 11 is 0. The van der Waals surface area contributed by atoms with Gasteiger partial charge in [0.2, 0.25) is 6.23 Å². The molecule has 1 heterocycles. The van der Waals surface area contributed by atoms with E-state index in [2.05, 4.69) is 5.32 Å². The van der Waals surface area contributed by atoms with Crippen LogP contribution in [0.5, 0.6) is 11.5 Å². The highest BCUT2D eigenvalue weighted by atomic mass is 16.6. The number of rotatable bonds is 6. The molecule has 0 radical (unpaired) electrons. The summed E-state index contributed by atoms with van der Waals surface area (Å²) < 4.78 is 15.9. The minimum atomic E-state index is -1.27. The number of aliphatic carboxylic acids is 1. The molecular weight excluding hydrogens is 338 g/mol. The van der Waals surface area contributed by atoms with Gasteiger partial charge in [0.1, 0.15) is 5.56 Å². The van der Waals surface area contributed by atoms with E-state index in [0.29, 0.717) is 33.9 Å². The van der Waals surface area contributed by atoms with E-state index in [1.165, 1.54) is 20.3 Å². The summed E-state index contributed by atoms with van der Waals surface area (Å²) in [7, 11) is 2.95. The van der Waals surface area contributed by atoms with Crippen molar-refractivity contribution in [2.45, 2.75) is 6.23 Å². The number of hydrogen-bond acceptors (Lipinski definition) is 7. The second-order valence-electron chi connectivity index (χ2n) is 5.47. The highest BCUT2D eigenvalue weighted by molar-refractivity contribution is 5.98. The summed E-state index contributed by atoms with van der Waals surface area (Å²) in [6, 6.07) is 10.4. The van der Waals surface area contributed by atoms with Gasteiger partial charge in [0.25, 0.3) is 0 Å². The molecule has 0 saturated carbocycles. The highest BCUT2D eigenvalue weighted by Gasteiger charge is 2.35. The number of fused-ring (bicyclic) bond motifs is 1. The zero-order chi connectivity index (χ0) is 18.7. The molecule has 26 heavy (non-hydrogen) atoms. The number of carboxylic acids is 1. The molecule has 1 aliphatic rings. The third kappa shape index (κ3) is 3.32. The van der Waals surface area contributed by atoms with Crippen LogP contribution in [-0.4, -0.2) is 26.2 Å². The summed E-state index contributed by atoms with van der Waals surface area (Å²) in [5.41, 5.74) is 2.27. The number of carbonyl (C=O) groups excluding carboxylic acids is 2. The lowest BCUT2D eigenvalue weighted by molar-refractivity contribution is -0.297. The Morgan fingerprint density at radius 3 is 2.73 bits per heavy atom. The van der Waals surface area contributed by atoms with E-state index in [-0.39, 0.29) is 0 Å². The van der Waals surface area contributed by atoms with Gasteiger partial charge in [-0.05, 0) is 35.9 Å². The number of esters is 1. The Kier molecular flexibility index (Phi) is 4.79. The molecule has 0 amide bonds. The molecular formula is C19H16NO6-. The topological polar surface area (TPSA) is 96.9 Å². The quantitative estimate of drug-likeness (QED) is 0.623. The van der Waals surface area contributed by atoms with Crippen molar-refractivity contribution in [3.05, 3.63) is 59.2 Å². The van der Waals surface area contributed by atoms with E-state index < -0.39 is 18.2 Å². The van der Waals surface area contributed by atoms with Crippen LogP contribution in [0.15, 0.2) is 42.5 Å². The standard InChI is InChI=1S/C19H17NO6/c1-24-14-8-7-13-16(17(14)25-2)19(23)26-18(13)20-12-5-3-4-11(10-12)6-9-15(21)22/h3-10,18,20H,1-2H3,(H,21,22)/p-1/b9-6+/t18-/m1/s1. The van der Waals surface area contributed by atoms with Crippen molar-refractivity contribution in [3.63, 3.8) is 0 Å². The molecule has 0 spiro atoms. The van der Waals surface area contributed by atoms with Gasteiger partial charge < -0.3 is 29.4 Å². The molecule has 0 aliphatic carbocycles. The molecule has 0 saturated heterocycles. The number of nitrogens with one attached hydrogen (secondary N) is 1. The fourth-order valence-electron chi connectivity index (χ4n) is 2.76. The molecule has 1 atom stereocenters. The zero-order valence-electron chi connectivity index (χ0n) is 14.1. The van der Waals surface area contributed by atoms with Gasteiger partial charge in [0, 0.05) is 11.3 Å². The molecule has 1 aliphatic heterocycles. The number of hydrogen-bond donors (Lipinski definition) is 1. The molecule has 1 N–H and O–H groups in total. The monoisotopic (exact) mass is 354 g/mol. The van der Waals surface area contributed by atoms with Crippen molar-refractivity contribution in [2.24, 2.45) is 0 Å². The van der Waals surface area contributed by atoms with E-state index >= 15 is 0 Å². The van der Waals surface area contributed by atoms with Gasteiger partial charge in [0.05, 0.1) is 20.2 Å². The fourth-order valence-corrected chi connectivity index (χ4v) is 2.76. The molecule has 7 nitrogen and oxygen atoms in total. The predicted molar refractivity (Wildman–Crippen MR) is 91.8 cm³/mol. The van der Waals surface area contributed by atoms with E-state index in [1.54, 1.807) is 36.4 Å². The first kappa shape index (κ1) is 17.3. The minimum absolute atomic E-state index is 0.317. The molecule has 134 valence electrons. The molecule has 7 heteroatoms. The maximum atomic E-state index is 12.3. The third-order valence-corrected chi connectivity index (χ3v) is 3.89. The summed E-state index contributed by atoms with van der Waals surface area (Å²) in [6.07, 6.45) is 1.67. The van der Waals surface area contributed by atoms with E-state index in [0.717, 1.165) is 6.08 Å². The lowest BCUT2D eigenvalue weighted by atomic mass is 10.1. The van der Waals surface area contributed by atoms with Crippen molar-refractivity contribution in [1.82, 2.24) is 0 Å². The number of anilines is 1. The Morgan fingerprint density at radius 1 is 1.23 bits per heavy atom. The minimum Gasteiger partial charge on any atom is -0.545 e. The number of benzene rings is 2. The molecule has 2 aromatic rings. The van der Waals surface area contributed by atoms with Gasteiger partial charge in [-0.15, -0.1) is 0 Å². The second-order valence-corrected chi connectivity index (χ2v) is 5.47. The normalized spacial score (nSPS) is 15.5. The average Bonchev–Trinajstić information content (AvgIpc) is 2.95. The first-order valence-corrected chi connectivity index (χ1v) is 7.75. The van der Waals surface area contributed by atoms with Gasteiger partial charge in [-0.1, -0.05) is 18.2 Å². The number of methoxy groups -OCH3 is 2. The number of carboxylic acid groups (broad SMARTS) is 1. The van der Waals surface area contributed by atoms with Gasteiger partial charge in [-0.2, -0.15) is 0 Å². The van der Waals surface area contributed by atoms with Crippen molar-refractivity contribution >= 4 is 23.7 Å². The Morgan fingerprint density at radius 2 is 2.04 bits per heavy atom. The molecule has 3 rings (SSSR count). The van der Waals surface area contributed by atoms with Crippen LogP contribution < -0.4 is 19.9 Å². The van der Waals surface area contributed by atoms with E-state index in [4.69, 9.17) is 14.2 Å². The van der Waals surface area contributed by atoms with Crippen molar-refractivity contribution in [3.8, 4) is 11.5 Å². The summed E-state index contributed by atoms with van der Waals surface area (Å²) in [5.74, 6) is -1.02. The van der Waals surface area contributed by atoms with Crippen LogP contribution >= 0.6 is 0 Å². The maximum absolute atomic E-state index is 12.3. The number of cyclic esters (lactones) is 1. The largest absolute Gasteiger partial charge is 0.545 e. The first-order chi connectivity index (χ1) is 12.5. The highest BCUT2D eigenvalue weighted by Crippen LogP contribution is 2.42. The van der Waals surface area contributed by atoms with Crippen molar-refractivity contribution in [1.29, 1.82) is 0 Å². The Hall–Kier alpha value is -3.48. The Balaban J connectivity index is 1.89. The van der Waals surface area contributed by atoms with Crippen LogP contribution in [0.25, 0.3) is 6.08 Å². The lowest BCUT2D eigenvalue weighted by Gasteiger charge is -2.15. The van der Waals surface area contributed by atoms with Crippen LogP contribution in [0.4, 0.5) is 5.69 Å². The SMILES string of the molecule is COc1ccc2c(c1OC)C(=O)O[C@H]2Nc1cccc(/C=C/C(=O)[O-])c1. The smallest absolute Gasteiger partial charge is 0.344 e. The lowest BCUT2D eigenvalue weighted by Crippen LogP contribution is -2.18. The van der Waals surface area contributed by atoms with E-state index in [9.17, 15) is 14.7 Å². The fraction of sp³-hybridized carbons (Fsp3) is 0.158. The van der Waals surface area contributed by atoms with Gasteiger partial charge in [-0.3, -0.25) is 0 Å². The molecule has 0 unspecified atom stereocenters. The van der Waals surface area contributed by atoms with Gasteiger partial charge in [0.15, 0.2) is 11.5 Å². The number of ether oxygens (including phenoxy) is 3. The van der Waals surface area contributed by atoms with Crippen LogP contribution in [0.3, 0.4) is 0 Å². The number of carbonyl (C=O) groups is 2. The zero-order valence-corrected chi connectivity index (χ0v) is 14.1.